The number of H-pyrrole nitrogens is 1. The Balaban J connectivity index is 1.15. The molecule has 1 saturated carbocycles. The summed E-state index contributed by atoms with van der Waals surface area (Å²) in [5.74, 6) is -0.915. The minimum atomic E-state index is -0.603. The number of rotatable bonds is 5. The van der Waals surface area contributed by atoms with Gasteiger partial charge in [-0.25, -0.2) is 4.98 Å². The van der Waals surface area contributed by atoms with Crippen molar-refractivity contribution < 1.29 is 13.9 Å². The number of hydrogen-bond donors (Lipinski definition) is 2. The Hall–Kier alpha value is -2.78. The van der Waals surface area contributed by atoms with Gasteiger partial charge in [-0.05, 0) is 43.5 Å². The molecule has 3 aliphatic rings. The average Bonchev–Trinajstić information content (AvgIpc) is 3.59. The van der Waals surface area contributed by atoms with Crippen LogP contribution in [0.2, 0.25) is 0 Å². The van der Waals surface area contributed by atoms with Gasteiger partial charge in [-0.2, -0.15) is 4.39 Å². The third kappa shape index (κ3) is 4.54. The zero-order valence-electron chi connectivity index (χ0n) is 18.2. The number of nitrogens with one attached hydrogen (secondary N) is 2. The van der Waals surface area contributed by atoms with E-state index in [0.29, 0.717) is 37.4 Å². The predicted octanol–water partition coefficient (Wildman–Crippen LogP) is 1.37. The van der Waals surface area contributed by atoms with E-state index in [0.717, 1.165) is 43.7 Å². The van der Waals surface area contributed by atoms with Crippen molar-refractivity contribution in [1.29, 1.82) is 0 Å². The highest BCUT2D eigenvalue weighted by Gasteiger charge is 2.27. The molecular weight excluding hydrogens is 413 g/mol. The number of aromatic amines is 1. The van der Waals surface area contributed by atoms with Gasteiger partial charge in [0.25, 0.3) is 11.5 Å². The second kappa shape index (κ2) is 8.63. The van der Waals surface area contributed by atoms with E-state index in [1.807, 2.05) is 11.0 Å². The summed E-state index contributed by atoms with van der Waals surface area (Å²) in [5.41, 5.74) is 3.25. The smallest absolute Gasteiger partial charge is 0.270 e. The van der Waals surface area contributed by atoms with Crippen molar-refractivity contribution in [3.05, 3.63) is 57.0 Å². The van der Waals surface area contributed by atoms with E-state index < -0.39 is 5.95 Å². The fourth-order valence-corrected chi connectivity index (χ4v) is 4.39. The third-order valence-corrected chi connectivity index (χ3v) is 6.46. The Bertz CT molecular complexity index is 1080. The van der Waals surface area contributed by atoms with E-state index in [2.05, 4.69) is 20.2 Å². The lowest BCUT2D eigenvalue weighted by Gasteiger charge is -2.38. The van der Waals surface area contributed by atoms with Crippen LogP contribution in [-0.4, -0.2) is 65.6 Å². The number of aryl methyl sites for hydroxylation is 1. The lowest BCUT2D eigenvalue weighted by molar-refractivity contribution is 0.00272. The maximum Gasteiger partial charge on any atom is 0.270 e. The fraction of sp³-hybridized carbons (Fsp3) is 0.522. The van der Waals surface area contributed by atoms with E-state index in [4.69, 9.17) is 4.74 Å². The van der Waals surface area contributed by atoms with Crippen molar-refractivity contribution >= 4 is 11.6 Å². The number of halogens is 1. The molecule has 0 spiro atoms. The molecule has 4 heterocycles. The number of carbonyl (C=O) groups excluding carboxylic acids is 1. The summed E-state index contributed by atoms with van der Waals surface area (Å²) in [5, 5.41) is 2.83. The van der Waals surface area contributed by atoms with Gasteiger partial charge < -0.3 is 19.9 Å². The summed E-state index contributed by atoms with van der Waals surface area (Å²) in [7, 11) is 0. The van der Waals surface area contributed by atoms with Crippen molar-refractivity contribution in [3.8, 4) is 0 Å². The van der Waals surface area contributed by atoms with Crippen LogP contribution in [0.3, 0.4) is 0 Å². The van der Waals surface area contributed by atoms with Crippen molar-refractivity contribution in [2.24, 2.45) is 0 Å². The number of ether oxygens (including phenoxy) is 1. The zero-order chi connectivity index (χ0) is 22.2. The minimum Gasteiger partial charge on any atom is -0.372 e. The topological polar surface area (TPSA) is 90.6 Å². The maximum atomic E-state index is 14.6. The van der Waals surface area contributed by atoms with E-state index in [9.17, 15) is 14.0 Å². The molecule has 2 N–H and O–H groups in total. The lowest BCUT2D eigenvalue weighted by Crippen LogP contribution is -2.50. The maximum absolute atomic E-state index is 14.6. The highest BCUT2D eigenvalue weighted by atomic mass is 19.1. The molecule has 1 amide bonds. The molecule has 9 heteroatoms. The van der Waals surface area contributed by atoms with Crippen LogP contribution in [0.1, 0.15) is 40.2 Å². The summed E-state index contributed by atoms with van der Waals surface area (Å²) in [4.78, 5) is 35.2. The molecule has 0 radical (unpaired) electrons. The number of carbonyl (C=O) groups is 1. The van der Waals surface area contributed by atoms with Gasteiger partial charge in [0.15, 0.2) is 0 Å². The Morgan fingerprint density at radius 2 is 2.06 bits per heavy atom. The fourth-order valence-electron chi connectivity index (χ4n) is 4.39. The van der Waals surface area contributed by atoms with E-state index in [1.165, 1.54) is 0 Å². The highest BCUT2D eigenvalue weighted by Crippen LogP contribution is 2.23. The number of anilines is 1. The van der Waals surface area contributed by atoms with Gasteiger partial charge in [0.05, 0.1) is 18.4 Å². The Kier molecular flexibility index (Phi) is 5.69. The third-order valence-electron chi connectivity index (χ3n) is 6.46. The molecular formula is C23H28FN5O3. The first kappa shape index (κ1) is 21.1. The number of hydrogen-bond acceptors (Lipinski definition) is 6. The first-order valence-electron chi connectivity index (χ1n) is 11.2. The number of nitrogens with zero attached hydrogens (tertiary/aromatic N) is 3. The second-order valence-corrected chi connectivity index (χ2v) is 8.96. The molecule has 1 atom stereocenters. The standard InChI is InChI=1S/C23H28FN5O3/c1-14-10-15-13-32-17(11-19(15)27-22(14)30)12-28-6-8-29(9-7-28)20-5-4-18(26-21(20)24)23(31)25-16-2-3-16/h4-5,10,16-17H,2-3,6-9,11-13H2,1H3,(H,25,31)(H,27,30). The SMILES string of the molecule is Cc1cc2c([nH]c1=O)CC(CN1CCN(c3ccc(C(=O)NC4CC4)nc3F)CC1)OC2. The van der Waals surface area contributed by atoms with Crippen LogP contribution in [0.25, 0.3) is 0 Å². The van der Waals surface area contributed by atoms with Gasteiger partial charge in [0.2, 0.25) is 5.95 Å². The van der Waals surface area contributed by atoms with E-state index in [-0.39, 0.29) is 29.3 Å². The number of pyridine rings is 2. The van der Waals surface area contributed by atoms with Crippen LogP contribution < -0.4 is 15.8 Å². The molecule has 2 aromatic rings. The second-order valence-electron chi connectivity index (χ2n) is 8.96. The number of piperazine rings is 1. The van der Waals surface area contributed by atoms with Crippen LogP contribution in [0.4, 0.5) is 10.1 Å². The van der Waals surface area contributed by atoms with Gasteiger partial charge in [-0.3, -0.25) is 14.5 Å². The Labute approximate surface area is 185 Å². The van der Waals surface area contributed by atoms with Crippen LogP contribution in [0.15, 0.2) is 23.0 Å². The van der Waals surface area contributed by atoms with Gasteiger partial charge in [-0.1, -0.05) is 0 Å². The van der Waals surface area contributed by atoms with Gasteiger partial charge in [0.1, 0.15) is 5.69 Å². The van der Waals surface area contributed by atoms with Crippen molar-refractivity contribution in [2.45, 2.75) is 44.9 Å². The van der Waals surface area contributed by atoms with Gasteiger partial charge >= 0.3 is 0 Å². The molecule has 1 saturated heterocycles. The van der Waals surface area contributed by atoms with Crippen molar-refractivity contribution in [3.63, 3.8) is 0 Å². The molecule has 2 aromatic heterocycles. The molecule has 1 unspecified atom stereocenters. The van der Waals surface area contributed by atoms with Gasteiger partial charge in [-0.15, -0.1) is 0 Å². The van der Waals surface area contributed by atoms with Gasteiger partial charge in [0, 0.05) is 56.4 Å². The van der Waals surface area contributed by atoms with Crippen molar-refractivity contribution in [1.82, 2.24) is 20.2 Å². The van der Waals surface area contributed by atoms with Crippen LogP contribution in [-0.2, 0) is 17.8 Å². The molecule has 170 valence electrons. The first-order chi connectivity index (χ1) is 15.5. The zero-order valence-corrected chi connectivity index (χ0v) is 18.2. The normalized spacial score (nSPS) is 21.3. The quantitative estimate of drug-likeness (QED) is 0.682. The molecule has 0 aromatic carbocycles. The molecule has 5 rings (SSSR count). The summed E-state index contributed by atoms with van der Waals surface area (Å²) in [6, 6.07) is 5.37. The molecule has 2 fully saturated rings. The van der Waals surface area contributed by atoms with Crippen molar-refractivity contribution in [2.75, 3.05) is 37.6 Å². The van der Waals surface area contributed by atoms with Crippen LogP contribution >= 0.6 is 0 Å². The number of fused-ring (bicyclic) bond motifs is 1. The lowest BCUT2D eigenvalue weighted by atomic mass is 10.0. The minimum absolute atomic E-state index is 0.0232. The number of amides is 1. The monoisotopic (exact) mass is 441 g/mol. The Morgan fingerprint density at radius 1 is 1.28 bits per heavy atom. The number of aromatic nitrogens is 2. The molecule has 0 bridgehead atoms. The molecule has 32 heavy (non-hydrogen) atoms. The molecule has 1 aliphatic carbocycles. The summed E-state index contributed by atoms with van der Waals surface area (Å²) < 4.78 is 20.6. The van der Waals surface area contributed by atoms with Crippen LogP contribution in [0.5, 0.6) is 0 Å². The predicted molar refractivity (Wildman–Crippen MR) is 117 cm³/mol. The van der Waals surface area contributed by atoms with Crippen LogP contribution in [0, 0.1) is 12.9 Å². The molecule has 2 aliphatic heterocycles. The highest BCUT2D eigenvalue weighted by molar-refractivity contribution is 5.92. The van der Waals surface area contributed by atoms with E-state index in [1.54, 1.807) is 19.1 Å². The Morgan fingerprint density at radius 3 is 2.78 bits per heavy atom. The largest absolute Gasteiger partial charge is 0.372 e. The molecule has 8 nitrogen and oxygen atoms in total. The average molecular weight is 442 g/mol. The first-order valence-corrected chi connectivity index (χ1v) is 11.2. The summed E-state index contributed by atoms with van der Waals surface area (Å²) in [6.45, 7) is 5.98. The summed E-state index contributed by atoms with van der Waals surface area (Å²) in [6.07, 6.45) is 2.67. The summed E-state index contributed by atoms with van der Waals surface area (Å²) >= 11 is 0. The van der Waals surface area contributed by atoms with E-state index >= 15 is 0 Å².